The molecule has 0 bridgehead atoms. The molecule has 0 aromatic rings. The molecule has 0 amide bonds. The highest BCUT2D eigenvalue weighted by Crippen LogP contribution is 2.52. The van der Waals surface area contributed by atoms with Gasteiger partial charge in [0.05, 0.1) is 0 Å². The van der Waals surface area contributed by atoms with Gasteiger partial charge in [0.2, 0.25) is 0 Å². The van der Waals surface area contributed by atoms with E-state index in [2.05, 4.69) is 35.5 Å². The first-order chi connectivity index (χ1) is 8.69. The maximum absolute atomic E-state index is 2.72. The van der Waals surface area contributed by atoms with Gasteiger partial charge in [0.25, 0.3) is 0 Å². The Labute approximate surface area is 112 Å². The molecule has 0 aromatic heterocycles. The lowest BCUT2D eigenvalue weighted by Crippen LogP contribution is -2.47. The summed E-state index contributed by atoms with van der Waals surface area (Å²) in [6, 6.07) is 0.756. The van der Waals surface area contributed by atoms with Crippen LogP contribution < -0.4 is 0 Å². The van der Waals surface area contributed by atoms with Crippen LogP contribution in [0.15, 0.2) is 0 Å². The second-order valence-electron chi connectivity index (χ2n) is 6.77. The summed E-state index contributed by atoms with van der Waals surface area (Å²) in [6.07, 6.45) is 0. The predicted octanol–water partition coefficient (Wildman–Crippen LogP) is 1.21. The Morgan fingerprint density at radius 1 is 0.944 bits per heavy atom. The van der Waals surface area contributed by atoms with Gasteiger partial charge in [0.1, 0.15) is 0 Å². The third-order valence-corrected chi connectivity index (χ3v) is 5.51. The molecule has 3 fully saturated rings. The van der Waals surface area contributed by atoms with Gasteiger partial charge in [0.15, 0.2) is 0 Å². The minimum Gasteiger partial charge on any atom is -0.301 e. The quantitative estimate of drug-likeness (QED) is 0.744. The maximum atomic E-state index is 2.72. The van der Waals surface area contributed by atoms with Crippen molar-refractivity contribution in [1.29, 1.82) is 0 Å². The summed E-state index contributed by atoms with van der Waals surface area (Å²) in [7, 11) is 0. The number of piperazine rings is 1. The van der Waals surface area contributed by atoms with Crippen LogP contribution in [0.3, 0.4) is 0 Å². The first kappa shape index (κ1) is 12.9. The van der Waals surface area contributed by atoms with Crippen molar-refractivity contribution in [3.05, 3.63) is 0 Å². The Kier molecular flexibility index (Phi) is 3.65. The Morgan fingerprint density at radius 2 is 1.50 bits per heavy atom. The van der Waals surface area contributed by atoms with Crippen molar-refractivity contribution in [3.8, 4) is 0 Å². The molecule has 1 saturated carbocycles. The zero-order valence-corrected chi connectivity index (χ0v) is 12.3. The van der Waals surface area contributed by atoms with E-state index < -0.39 is 0 Å². The summed E-state index contributed by atoms with van der Waals surface area (Å²) in [5, 5.41) is 0. The highest BCUT2D eigenvalue weighted by Gasteiger charge is 2.55. The van der Waals surface area contributed by atoms with Gasteiger partial charge in [-0.2, -0.15) is 0 Å². The van der Waals surface area contributed by atoms with E-state index in [4.69, 9.17) is 0 Å². The van der Waals surface area contributed by atoms with Crippen LogP contribution in [0.1, 0.15) is 20.8 Å². The van der Waals surface area contributed by atoms with Gasteiger partial charge in [-0.25, -0.2) is 0 Å². The molecule has 3 nitrogen and oxygen atoms in total. The molecule has 3 rings (SSSR count). The van der Waals surface area contributed by atoms with Crippen molar-refractivity contribution in [2.24, 2.45) is 17.8 Å². The molecule has 2 heterocycles. The number of fused-ring (bicyclic) bond motifs is 1. The van der Waals surface area contributed by atoms with Gasteiger partial charge in [-0.1, -0.05) is 6.92 Å². The average molecular weight is 251 g/mol. The topological polar surface area (TPSA) is 9.72 Å². The molecule has 1 aliphatic carbocycles. The summed E-state index contributed by atoms with van der Waals surface area (Å²) >= 11 is 0. The monoisotopic (exact) mass is 251 g/mol. The predicted molar refractivity (Wildman–Crippen MR) is 75.7 cm³/mol. The molecule has 104 valence electrons. The van der Waals surface area contributed by atoms with Crippen molar-refractivity contribution in [3.63, 3.8) is 0 Å². The summed E-state index contributed by atoms with van der Waals surface area (Å²) in [4.78, 5) is 7.96. The zero-order chi connectivity index (χ0) is 12.7. The van der Waals surface area contributed by atoms with Gasteiger partial charge in [-0.05, 0) is 38.1 Å². The van der Waals surface area contributed by atoms with Crippen molar-refractivity contribution >= 4 is 0 Å². The number of likely N-dealkylation sites (N-methyl/N-ethyl adjacent to an activating group) is 1. The molecule has 2 unspecified atom stereocenters. The summed E-state index contributed by atoms with van der Waals surface area (Å²) in [5.74, 6) is 3.11. The Morgan fingerprint density at radius 3 is 2.00 bits per heavy atom. The lowest BCUT2D eigenvalue weighted by atomic mass is 10.2. The van der Waals surface area contributed by atoms with Crippen LogP contribution in [0.4, 0.5) is 0 Å². The van der Waals surface area contributed by atoms with Crippen molar-refractivity contribution in [1.82, 2.24) is 14.7 Å². The fourth-order valence-electron chi connectivity index (χ4n) is 3.96. The van der Waals surface area contributed by atoms with E-state index in [-0.39, 0.29) is 0 Å². The second kappa shape index (κ2) is 5.10. The lowest BCUT2D eigenvalue weighted by molar-refractivity contribution is 0.124. The average Bonchev–Trinajstić information content (AvgIpc) is 2.84. The molecule has 2 atom stereocenters. The van der Waals surface area contributed by atoms with Crippen molar-refractivity contribution in [2.45, 2.75) is 26.8 Å². The van der Waals surface area contributed by atoms with Gasteiger partial charge >= 0.3 is 0 Å². The van der Waals surface area contributed by atoms with Gasteiger partial charge in [-0.15, -0.1) is 0 Å². The molecule has 18 heavy (non-hydrogen) atoms. The molecule has 2 saturated heterocycles. The highest BCUT2D eigenvalue weighted by molar-refractivity contribution is 5.06. The summed E-state index contributed by atoms with van der Waals surface area (Å²) < 4.78 is 0. The van der Waals surface area contributed by atoms with E-state index in [9.17, 15) is 0 Å². The van der Waals surface area contributed by atoms with Crippen molar-refractivity contribution in [2.75, 3.05) is 52.4 Å². The largest absolute Gasteiger partial charge is 0.301 e. The molecule has 0 aromatic carbocycles. The van der Waals surface area contributed by atoms with E-state index in [1.54, 1.807) is 0 Å². The van der Waals surface area contributed by atoms with Crippen molar-refractivity contribution < 1.29 is 0 Å². The highest BCUT2D eigenvalue weighted by atomic mass is 15.3. The molecular weight excluding hydrogens is 222 g/mol. The molecule has 3 heteroatoms. The minimum atomic E-state index is 0.756. The maximum Gasteiger partial charge on any atom is 0.0110 e. The molecule has 0 radical (unpaired) electrons. The second-order valence-corrected chi connectivity index (χ2v) is 6.77. The Balaban J connectivity index is 1.40. The number of hydrogen-bond acceptors (Lipinski definition) is 3. The van der Waals surface area contributed by atoms with Gasteiger partial charge < -0.3 is 14.7 Å². The third kappa shape index (κ3) is 2.45. The molecule has 0 N–H and O–H groups in total. The Hall–Kier alpha value is -0.120. The van der Waals surface area contributed by atoms with E-state index in [0.29, 0.717) is 0 Å². The van der Waals surface area contributed by atoms with Crippen LogP contribution in [-0.2, 0) is 0 Å². The number of hydrogen-bond donors (Lipinski definition) is 0. The fraction of sp³-hybridized carbons (Fsp3) is 1.00. The Bertz CT molecular complexity index is 271. The zero-order valence-electron chi connectivity index (χ0n) is 12.3. The lowest BCUT2D eigenvalue weighted by Gasteiger charge is -2.34. The number of piperidine rings is 1. The minimum absolute atomic E-state index is 0.756. The van der Waals surface area contributed by atoms with Crippen LogP contribution in [0.5, 0.6) is 0 Å². The number of nitrogens with zero attached hydrogens (tertiary/aromatic N) is 3. The number of likely N-dealkylation sites (tertiary alicyclic amines) is 1. The van der Waals surface area contributed by atoms with E-state index in [1.165, 1.54) is 52.4 Å². The first-order valence-corrected chi connectivity index (χ1v) is 7.87. The molecule has 3 aliphatic rings. The van der Waals surface area contributed by atoms with E-state index >= 15 is 0 Å². The summed E-state index contributed by atoms with van der Waals surface area (Å²) in [6.45, 7) is 17.5. The smallest absolute Gasteiger partial charge is 0.0110 e. The number of rotatable bonds is 4. The van der Waals surface area contributed by atoms with Crippen LogP contribution in [0.25, 0.3) is 0 Å². The van der Waals surface area contributed by atoms with Crippen LogP contribution >= 0.6 is 0 Å². The van der Waals surface area contributed by atoms with E-state index in [0.717, 1.165) is 23.8 Å². The molecule has 2 aliphatic heterocycles. The molecule has 0 spiro atoms. The van der Waals surface area contributed by atoms with E-state index in [1.807, 2.05) is 0 Å². The third-order valence-electron chi connectivity index (χ3n) is 5.51. The molecular formula is C15H29N3. The standard InChI is InChI=1S/C15H29N3/c1-4-16-5-7-17(8-6-16)9-13-14-10-18(12(2)3)11-15(13)14/h12-15H,4-11H2,1-3H3. The van der Waals surface area contributed by atoms with Crippen LogP contribution in [0, 0.1) is 17.8 Å². The first-order valence-electron chi connectivity index (χ1n) is 7.87. The SMILES string of the molecule is CCN1CCN(CC2C3CN(C(C)C)CC23)CC1. The fourth-order valence-corrected chi connectivity index (χ4v) is 3.96. The van der Waals surface area contributed by atoms with Crippen LogP contribution in [-0.4, -0.2) is 73.1 Å². The summed E-state index contributed by atoms with van der Waals surface area (Å²) in [5.41, 5.74) is 0. The van der Waals surface area contributed by atoms with Gasteiger partial charge in [-0.3, -0.25) is 0 Å². The van der Waals surface area contributed by atoms with Crippen LogP contribution in [0.2, 0.25) is 0 Å². The van der Waals surface area contributed by atoms with Gasteiger partial charge in [0, 0.05) is 51.9 Å². The normalized spacial score (nSPS) is 38.3.